The average molecular weight is 636 g/mol. The number of halogens is 8. The Labute approximate surface area is 241 Å². The lowest BCUT2D eigenvalue weighted by atomic mass is 9.76. The molecule has 2 saturated heterocycles. The van der Waals surface area contributed by atoms with Crippen LogP contribution in [0.15, 0.2) is 47.4 Å². The maximum Gasteiger partial charge on any atom is 0.435 e. The number of likely N-dealkylation sites (tertiary alicyclic amines) is 2. The molecule has 2 aliphatic heterocycles. The van der Waals surface area contributed by atoms with Gasteiger partial charge in [0.25, 0.3) is 0 Å². The number of amides is 1. The van der Waals surface area contributed by atoms with Crippen LogP contribution in [0, 0.1) is 23.2 Å². The van der Waals surface area contributed by atoms with Gasteiger partial charge < -0.3 is 9.80 Å². The lowest BCUT2D eigenvalue weighted by Crippen LogP contribution is -2.54. The van der Waals surface area contributed by atoms with Crippen LogP contribution in [0.4, 0.5) is 35.1 Å². The van der Waals surface area contributed by atoms with Gasteiger partial charge in [0.15, 0.2) is 16.0 Å². The third-order valence-electron chi connectivity index (χ3n) is 8.94. The molecule has 3 aliphatic rings. The molecule has 5 rings (SSSR count). The number of benzene rings is 2. The van der Waals surface area contributed by atoms with Crippen LogP contribution in [-0.4, -0.2) is 62.2 Å². The minimum Gasteiger partial charge on any atom is -0.337 e. The van der Waals surface area contributed by atoms with Crippen molar-refractivity contribution in [2.75, 3.05) is 19.6 Å². The molecule has 0 aromatic heterocycles. The Morgan fingerprint density at radius 3 is 2.07 bits per heavy atom. The first-order valence-electron chi connectivity index (χ1n) is 13.4. The van der Waals surface area contributed by atoms with Crippen molar-refractivity contribution in [1.82, 2.24) is 9.80 Å². The summed E-state index contributed by atoms with van der Waals surface area (Å²) in [5, 5.41) is 9.12. The van der Waals surface area contributed by atoms with E-state index in [1.54, 1.807) is 0 Å². The molecular weight excluding hydrogens is 610 g/mol. The van der Waals surface area contributed by atoms with Crippen LogP contribution in [0.2, 0.25) is 0 Å². The minimum absolute atomic E-state index is 0.0816. The van der Waals surface area contributed by atoms with Gasteiger partial charge in [-0.1, -0.05) is 18.2 Å². The fourth-order valence-corrected chi connectivity index (χ4v) is 9.15. The number of hydrogen-bond acceptors (Lipinski definition) is 5. The highest BCUT2D eigenvalue weighted by Crippen LogP contribution is 2.57. The molecule has 0 unspecified atom stereocenters. The zero-order chi connectivity index (χ0) is 31.6. The second-order valence-corrected chi connectivity index (χ2v) is 13.3. The summed E-state index contributed by atoms with van der Waals surface area (Å²) in [4.78, 5) is 16.2. The van der Waals surface area contributed by atoms with E-state index in [-0.39, 0.29) is 47.7 Å². The molecular formula is C28H25F8N3O3S. The molecule has 0 radical (unpaired) electrons. The monoisotopic (exact) mass is 635 g/mol. The number of nitriles is 1. The van der Waals surface area contributed by atoms with E-state index in [1.807, 2.05) is 6.19 Å². The molecule has 2 aromatic carbocycles. The summed E-state index contributed by atoms with van der Waals surface area (Å²) >= 11 is 0. The normalized spacial score (nSPS) is 23.5. The molecule has 2 atom stereocenters. The molecule has 2 aromatic rings. The lowest BCUT2D eigenvalue weighted by Gasteiger charge is -2.44. The minimum atomic E-state index is -6.35. The van der Waals surface area contributed by atoms with Crippen LogP contribution in [0.3, 0.4) is 0 Å². The predicted octanol–water partition coefficient (Wildman–Crippen LogP) is 5.52. The molecule has 6 nitrogen and oxygen atoms in total. The summed E-state index contributed by atoms with van der Waals surface area (Å²) in [6.07, 6.45) is -10.6. The van der Waals surface area contributed by atoms with Gasteiger partial charge in [-0.3, -0.25) is 4.79 Å². The number of fused-ring (bicyclic) bond motifs is 3. The number of hydrogen-bond donors (Lipinski definition) is 0. The molecule has 0 spiro atoms. The van der Waals surface area contributed by atoms with Crippen LogP contribution in [0.25, 0.3) is 0 Å². The average Bonchev–Trinajstić information content (AvgIpc) is 3.37. The van der Waals surface area contributed by atoms with E-state index in [9.17, 15) is 48.3 Å². The molecule has 1 amide bonds. The van der Waals surface area contributed by atoms with Crippen molar-refractivity contribution in [2.24, 2.45) is 5.92 Å². The first kappa shape index (κ1) is 31.0. The maximum atomic E-state index is 15.0. The predicted molar refractivity (Wildman–Crippen MR) is 135 cm³/mol. The van der Waals surface area contributed by atoms with E-state index in [1.165, 1.54) is 9.80 Å². The summed E-state index contributed by atoms with van der Waals surface area (Å²) in [5.41, 5.74) is -7.77. The number of carbonyl (C=O) groups is 1. The summed E-state index contributed by atoms with van der Waals surface area (Å²) in [5.74, 6) is -1.63. The Hall–Kier alpha value is -3.41. The van der Waals surface area contributed by atoms with Crippen LogP contribution in [-0.2, 0) is 31.5 Å². The van der Waals surface area contributed by atoms with Gasteiger partial charge in [0.1, 0.15) is 10.6 Å². The van der Waals surface area contributed by atoms with E-state index >= 15 is 0 Å². The van der Waals surface area contributed by atoms with Crippen LogP contribution < -0.4 is 0 Å². The van der Waals surface area contributed by atoms with Crippen molar-refractivity contribution in [3.05, 3.63) is 65.0 Å². The number of rotatable bonds is 4. The Morgan fingerprint density at radius 2 is 1.51 bits per heavy atom. The third-order valence-corrected chi connectivity index (χ3v) is 11.5. The molecule has 232 valence electrons. The van der Waals surface area contributed by atoms with Crippen LogP contribution in [0.5, 0.6) is 0 Å². The van der Waals surface area contributed by atoms with Crippen LogP contribution in [0.1, 0.15) is 42.4 Å². The first-order valence-corrected chi connectivity index (χ1v) is 14.9. The van der Waals surface area contributed by atoms with Gasteiger partial charge in [0.2, 0.25) is 5.91 Å². The van der Waals surface area contributed by atoms with Crippen molar-refractivity contribution in [3.63, 3.8) is 0 Å². The Balaban J connectivity index is 1.64. The zero-order valence-corrected chi connectivity index (χ0v) is 23.2. The van der Waals surface area contributed by atoms with Gasteiger partial charge in [0.05, 0.1) is 10.9 Å². The third kappa shape index (κ3) is 4.63. The van der Waals surface area contributed by atoms with E-state index in [0.717, 1.165) is 30.3 Å². The number of alkyl halides is 7. The summed E-state index contributed by atoms with van der Waals surface area (Å²) in [6, 6.07) is 4.24. The number of sulfone groups is 1. The van der Waals surface area contributed by atoms with Gasteiger partial charge in [-0.05, 0) is 67.5 Å². The quantitative estimate of drug-likeness (QED) is 0.251. The van der Waals surface area contributed by atoms with Gasteiger partial charge in [-0.25, -0.2) is 17.2 Å². The molecule has 2 heterocycles. The van der Waals surface area contributed by atoms with E-state index in [2.05, 4.69) is 0 Å². The number of aryl methyl sites for hydroxylation is 1. The fourth-order valence-electron chi connectivity index (χ4n) is 6.78. The Kier molecular flexibility index (Phi) is 7.47. The molecule has 0 N–H and O–H groups in total. The first-order chi connectivity index (χ1) is 20.0. The summed E-state index contributed by atoms with van der Waals surface area (Å²) < 4.78 is 137. The van der Waals surface area contributed by atoms with Crippen LogP contribution >= 0.6 is 0 Å². The van der Waals surface area contributed by atoms with Gasteiger partial charge >= 0.3 is 18.0 Å². The molecule has 2 fully saturated rings. The maximum absolute atomic E-state index is 15.0. The van der Waals surface area contributed by atoms with Crippen molar-refractivity contribution in [1.29, 1.82) is 5.26 Å². The van der Waals surface area contributed by atoms with Crippen molar-refractivity contribution in [2.45, 2.75) is 65.8 Å². The van der Waals surface area contributed by atoms with Crippen molar-refractivity contribution < 1.29 is 48.3 Å². The van der Waals surface area contributed by atoms with Gasteiger partial charge in [-0.15, -0.1) is 0 Å². The number of piperidine rings is 1. The molecule has 15 heteroatoms. The van der Waals surface area contributed by atoms with E-state index < -0.39 is 55.9 Å². The van der Waals surface area contributed by atoms with E-state index in [4.69, 9.17) is 5.26 Å². The standard InChI is InChI=1S/C28H25F8N3O3S/c29-20-3-5-21(6-4-20)43(41,42)25-11-14-39(24(40)17-9-12-38(16-37)13-10-17)23(25)8-1-18-15-19(2-7-22(18)25)26(30,27(31,32)33)28(34,35)36/h2-7,15,17,23H,1,8-14H2/t23-,25-/m1/s1. The topological polar surface area (TPSA) is 81.5 Å². The summed E-state index contributed by atoms with van der Waals surface area (Å²) in [7, 11) is -4.56. The molecule has 0 saturated carbocycles. The van der Waals surface area contributed by atoms with Crippen molar-refractivity contribution >= 4 is 15.7 Å². The highest BCUT2D eigenvalue weighted by Gasteiger charge is 2.74. The largest absolute Gasteiger partial charge is 0.435 e. The molecule has 1 aliphatic carbocycles. The second-order valence-electron chi connectivity index (χ2n) is 11.1. The van der Waals surface area contributed by atoms with Gasteiger partial charge in [-0.2, -0.15) is 31.6 Å². The smallest absolute Gasteiger partial charge is 0.337 e. The zero-order valence-electron chi connectivity index (χ0n) is 22.4. The van der Waals surface area contributed by atoms with Crippen molar-refractivity contribution in [3.8, 4) is 6.19 Å². The molecule has 0 bridgehead atoms. The highest BCUT2D eigenvalue weighted by atomic mass is 32.2. The summed E-state index contributed by atoms with van der Waals surface area (Å²) in [6.45, 7) is 0.556. The number of carbonyl (C=O) groups excluding carboxylic acids is 1. The van der Waals surface area contributed by atoms with E-state index in [0.29, 0.717) is 38.1 Å². The fraction of sp³-hybridized carbons (Fsp3) is 0.500. The Morgan fingerprint density at radius 1 is 0.907 bits per heavy atom. The molecule has 43 heavy (non-hydrogen) atoms. The van der Waals surface area contributed by atoms with Gasteiger partial charge in [0, 0.05) is 31.1 Å². The lowest BCUT2D eigenvalue weighted by molar-refractivity contribution is -0.348. The SMILES string of the molecule is N#CN1CCC(C(=O)N2CC[C@@]3(S(=O)(=O)c4ccc(F)cc4)c4ccc(C(F)(C(F)(F)F)C(F)(F)F)cc4CC[C@@H]23)CC1. The highest BCUT2D eigenvalue weighted by molar-refractivity contribution is 7.92. The Bertz CT molecular complexity index is 1550. The number of nitrogens with zero attached hydrogens (tertiary/aromatic N) is 3. The second kappa shape index (κ2) is 10.3.